The maximum absolute atomic E-state index is 12.6. The summed E-state index contributed by atoms with van der Waals surface area (Å²) in [6, 6.07) is -0.629. The number of rotatable bonds is 72. The smallest absolute Gasteiger partial charge is 0.305 e. The predicted molar refractivity (Wildman–Crippen MR) is 375 cm³/mol. The molecule has 0 rings (SSSR count). The first-order valence-corrected chi connectivity index (χ1v) is 38.4. The molecule has 1 amide bonds. The molecule has 0 heterocycles. The highest BCUT2D eigenvalue weighted by Gasteiger charge is 2.18. The Kier molecular flexibility index (Phi) is 72.4. The van der Waals surface area contributed by atoms with E-state index in [1.807, 2.05) is 6.08 Å². The molecular weight excluding hydrogens is 1040 g/mol. The van der Waals surface area contributed by atoms with Crippen molar-refractivity contribution in [2.45, 2.75) is 431 Å². The second kappa shape index (κ2) is 74.3. The Morgan fingerprint density at radius 1 is 0.329 bits per heavy atom. The molecule has 2 unspecified atom stereocenters. The summed E-state index contributed by atoms with van der Waals surface area (Å²) >= 11 is 0. The molecule has 0 saturated carbocycles. The van der Waals surface area contributed by atoms with Crippen LogP contribution in [0, 0.1) is 0 Å². The SMILES string of the molecule is CCC/C=C\C/C=C\CCCCCCCC(=O)OCCCCCCCCCCCCCC/C=C\CCCCCCCCCCCCCCCCC(=O)NC(CO)C(O)/C=C/CCCCCCCCCCCCCCCCCCCCCCCCC. The first-order chi connectivity index (χ1) is 42.0. The Balaban J connectivity index is 3.40. The van der Waals surface area contributed by atoms with Crippen molar-refractivity contribution in [3.8, 4) is 0 Å². The lowest BCUT2D eigenvalue weighted by Crippen LogP contribution is -2.45. The Labute approximate surface area is 531 Å². The van der Waals surface area contributed by atoms with Gasteiger partial charge in [-0.05, 0) is 83.5 Å². The van der Waals surface area contributed by atoms with E-state index < -0.39 is 12.1 Å². The van der Waals surface area contributed by atoms with Gasteiger partial charge >= 0.3 is 5.97 Å². The molecule has 0 aliphatic carbocycles. The van der Waals surface area contributed by atoms with Gasteiger partial charge in [-0.1, -0.05) is 371 Å². The van der Waals surface area contributed by atoms with Crippen molar-refractivity contribution in [1.29, 1.82) is 0 Å². The highest BCUT2D eigenvalue weighted by molar-refractivity contribution is 5.76. The molecule has 6 nitrogen and oxygen atoms in total. The molecule has 6 heteroatoms. The lowest BCUT2D eigenvalue weighted by molar-refractivity contribution is -0.143. The van der Waals surface area contributed by atoms with E-state index in [9.17, 15) is 19.8 Å². The first kappa shape index (κ1) is 82.8. The number of allylic oxidation sites excluding steroid dienone is 7. The largest absolute Gasteiger partial charge is 0.466 e. The van der Waals surface area contributed by atoms with Crippen molar-refractivity contribution >= 4 is 11.9 Å². The van der Waals surface area contributed by atoms with Crippen LogP contribution in [0.5, 0.6) is 0 Å². The van der Waals surface area contributed by atoms with Gasteiger partial charge in [0.15, 0.2) is 0 Å². The lowest BCUT2D eigenvalue weighted by Gasteiger charge is -2.20. The van der Waals surface area contributed by atoms with Gasteiger partial charge in [-0.15, -0.1) is 0 Å². The van der Waals surface area contributed by atoms with Crippen molar-refractivity contribution < 1.29 is 24.5 Å². The zero-order valence-electron chi connectivity index (χ0n) is 57.4. The van der Waals surface area contributed by atoms with E-state index >= 15 is 0 Å². The van der Waals surface area contributed by atoms with E-state index in [1.54, 1.807) is 6.08 Å². The number of aliphatic hydroxyl groups excluding tert-OH is 2. The van der Waals surface area contributed by atoms with Crippen LogP contribution in [0.1, 0.15) is 418 Å². The maximum Gasteiger partial charge on any atom is 0.305 e. The van der Waals surface area contributed by atoms with Crippen LogP contribution in [0.25, 0.3) is 0 Å². The number of aliphatic hydroxyl groups is 2. The fraction of sp³-hybridized carbons (Fsp3) is 0.873. The van der Waals surface area contributed by atoms with Gasteiger partial charge in [0.2, 0.25) is 5.91 Å². The molecule has 0 saturated heterocycles. The second-order valence-electron chi connectivity index (χ2n) is 26.3. The average molecular weight is 1190 g/mol. The number of ether oxygens (including phenoxy) is 1. The summed E-state index contributed by atoms with van der Waals surface area (Å²) < 4.78 is 5.48. The van der Waals surface area contributed by atoms with E-state index in [-0.39, 0.29) is 18.5 Å². The van der Waals surface area contributed by atoms with Gasteiger partial charge in [0.05, 0.1) is 25.4 Å². The fourth-order valence-corrected chi connectivity index (χ4v) is 12.0. The molecule has 0 aliphatic rings. The molecule has 2 atom stereocenters. The highest BCUT2D eigenvalue weighted by Crippen LogP contribution is 2.19. The Morgan fingerprint density at radius 3 is 0.953 bits per heavy atom. The number of nitrogens with one attached hydrogen (secondary N) is 1. The van der Waals surface area contributed by atoms with Crippen LogP contribution in [-0.4, -0.2) is 47.4 Å². The summed E-state index contributed by atoms with van der Waals surface area (Å²) in [7, 11) is 0. The van der Waals surface area contributed by atoms with Crippen LogP contribution in [0.15, 0.2) is 48.6 Å². The molecule has 0 bridgehead atoms. The molecular formula is C79H149NO5. The van der Waals surface area contributed by atoms with E-state index in [0.29, 0.717) is 19.4 Å². The minimum Gasteiger partial charge on any atom is -0.466 e. The van der Waals surface area contributed by atoms with Crippen LogP contribution in [-0.2, 0) is 14.3 Å². The van der Waals surface area contributed by atoms with E-state index in [0.717, 1.165) is 51.4 Å². The van der Waals surface area contributed by atoms with Gasteiger partial charge in [-0.3, -0.25) is 9.59 Å². The van der Waals surface area contributed by atoms with Crippen LogP contribution >= 0.6 is 0 Å². The molecule has 0 aromatic rings. The topological polar surface area (TPSA) is 95.9 Å². The molecule has 3 N–H and O–H groups in total. The summed E-state index contributed by atoms with van der Waals surface area (Å²) in [6.45, 7) is 4.87. The van der Waals surface area contributed by atoms with Crippen molar-refractivity contribution in [1.82, 2.24) is 5.32 Å². The van der Waals surface area contributed by atoms with Crippen molar-refractivity contribution in [2.75, 3.05) is 13.2 Å². The van der Waals surface area contributed by atoms with Crippen molar-refractivity contribution in [3.05, 3.63) is 48.6 Å². The van der Waals surface area contributed by atoms with E-state index in [2.05, 4.69) is 55.6 Å². The highest BCUT2D eigenvalue weighted by atomic mass is 16.5. The maximum atomic E-state index is 12.6. The third kappa shape index (κ3) is 70.8. The van der Waals surface area contributed by atoms with Gasteiger partial charge in [0.25, 0.3) is 0 Å². The van der Waals surface area contributed by atoms with Gasteiger partial charge in [0.1, 0.15) is 0 Å². The number of amides is 1. The fourth-order valence-electron chi connectivity index (χ4n) is 12.0. The van der Waals surface area contributed by atoms with Crippen LogP contribution < -0.4 is 5.32 Å². The van der Waals surface area contributed by atoms with Crippen molar-refractivity contribution in [2.24, 2.45) is 0 Å². The van der Waals surface area contributed by atoms with Gasteiger partial charge in [-0.25, -0.2) is 0 Å². The monoisotopic (exact) mass is 1190 g/mol. The minimum absolute atomic E-state index is 0.00171. The third-order valence-electron chi connectivity index (χ3n) is 17.8. The molecule has 0 aromatic carbocycles. The normalized spacial score (nSPS) is 12.8. The third-order valence-corrected chi connectivity index (χ3v) is 17.8. The van der Waals surface area contributed by atoms with Gasteiger partial charge in [-0.2, -0.15) is 0 Å². The second-order valence-corrected chi connectivity index (χ2v) is 26.3. The molecule has 0 fully saturated rings. The summed E-state index contributed by atoms with van der Waals surface area (Å²) in [4.78, 5) is 24.6. The van der Waals surface area contributed by atoms with Crippen LogP contribution in [0.2, 0.25) is 0 Å². The number of esters is 1. The summed E-state index contributed by atoms with van der Waals surface area (Å²) in [6.07, 6.45) is 97.9. The number of carbonyl (C=O) groups is 2. The summed E-state index contributed by atoms with van der Waals surface area (Å²) in [5, 5.41) is 23.3. The van der Waals surface area contributed by atoms with Crippen LogP contribution in [0.3, 0.4) is 0 Å². The average Bonchev–Trinajstić information content (AvgIpc) is 3.51. The lowest BCUT2D eigenvalue weighted by atomic mass is 10.0. The summed E-state index contributed by atoms with van der Waals surface area (Å²) in [5.74, 6) is -0.0604. The summed E-state index contributed by atoms with van der Waals surface area (Å²) in [5.41, 5.74) is 0. The number of hydrogen-bond acceptors (Lipinski definition) is 5. The molecule has 85 heavy (non-hydrogen) atoms. The quantitative estimate of drug-likeness (QED) is 0.0320. The Bertz CT molecular complexity index is 1420. The van der Waals surface area contributed by atoms with E-state index in [1.165, 1.54) is 340 Å². The van der Waals surface area contributed by atoms with Gasteiger partial charge in [0, 0.05) is 12.8 Å². The molecule has 0 aromatic heterocycles. The zero-order chi connectivity index (χ0) is 61.3. The van der Waals surface area contributed by atoms with E-state index in [4.69, 9.17) is 4.74 Å². The molecule has 0 radical (unpaired) electrons. The first-order valence-electron chi connectivity index (χ1n) is 38.4. The Hall–Kier alpha value is -2.18. The molecule has 0 aliphatic heterocycles. The zero-order valence-corrected chi connectivity index (χ0v) is 57.4. The Morgan fingerprint density at radius 2 is 0.612 bits per heavy atom. The minimum atomic E-state index is -0.846. The molecule has 500 valence electrons. The number of hydrogen-bond donors (Lipinski definition) is 3. The van der Waals surface area contributed by atoms with Crippen molar-refractivity contribution in [3.63, 3.8) is 0 Å². The number of carbonyl (C=O) groups excluding carboxylic acids is 2. The van der Waals surface area contributed by atoms with Gasteiger partial charge < -0.3 is 20.3 Å². The standard InChI is InChI=1S/C79H149NO5/c1-3-5-7-9-11-13-15-17-18-19-20-21-22-29-32-35-38-41-44-48-51-55-59-63-67-71-77(82)76(75-81)80-78(83)72-68-64-60-56-52-49-45-42-39-36-33-30-27-25-23-24-26-28-31-34-37-40-43-46-50-54-58-62-66-70-74-85-79(84)73-69-65-61-57-53-47-16-14-12-10-8-6-4-2/h8,10,14,16,24,26,67,71,76-77,81-82H,3-7,9,11-13,15,17-23,25,27-66,68-70,72-75H2,1-2H3,(H,80,83)/b10-8-,16-14-,26-24-,71-67+. The van der Waals surface area contributed by atoms with Crippen LogP contribution in [0.4, 0.5) is 0 Å². The molecule has 0 spiro atoms. The predicted octanol–water partition coefficient (Wildman–Crippen LogP) is 25.2. The number of unbranched alkanes of at least 4 members (excludes halogenated alkanes) is 55.